The summed E-state index contributed by atoms with van der Waals surface area (Å²) in [6, 6.07) is 12.9. The van der Waals surface area contributed by atoms with E-state index in [0.717, 1.165) is 11.3 Å². The van der Waals surface area contributed by atoms with Gasteiger partial charge in [0.1, 0.15) is 11.5 Å². The van der Waals surface area contributed by atoms with Crippen LogP contribution in [0.25, 0.3) is 0 Å². The number of hydrogen-bond acceptors (Lipinski definition) is 4. The first-order chi connectivity index (χ1) is 12.0. The second-order valence-electron chi connectivity index (χ2n) is 5.50. The van der Waals surface area contributed by atoms with Gasteiger partial charge in [-0.05, 0) is 24.3 Å². The maximum atomic E-state index is 12.3. The predicted octanol–water partition coefficient (Wildman–Crippen LogP) is 2.55. The Bertz CT molecular complexity index is 782. The maximum Gasteiger partial charge on any atom is 0.252 e. The third-order valence-corrected chi connectivity index (χ3v) is 3.56. The number of nitrogens with zero attached hydrogens (tertiary/aromatic N) is 1. The fourth-order valence-corrected chi connectivity index (χ4v) is 2.27. The van der Waals surface area contributed by atoms with Gasteiger partial charge in [0.05, 0.1) is 26.5 Å². The lowest BCUT2D eigenvalue weighted by Gasteiger charge is -2.13. The molecule has 5 nitrogen and oxygen atoms in total. The van der Waals surface area contributed by atoms with Crippen molar-refractivity contribution in [3.8, 4) is 23.3 Å². The molecule has 2 aromatic rings. The first-order valence-electron chi connectivity index (χ1n) is 7.81. The lowest BCUT2D eigenvalue weighted by atomic mass is 10.1. The molecular formula is C20H22N2O3. The summed E-state index contributed by atoms with van der Waals surface area (Å²) in [5, 5.41) is 2.78. The molecule has 0 unspecified atom stereocenters. The average Bonchev–Trinajstić information content (AvgIpc) is 2.64. The van der Waals surface area contributed by atoms with Crippen molar-refractivity contribution in [3.63, 3.8) is 0 Å². The van der Waals surface area contributed by atoms with Crippen molar-refractivity contribution in [3.05, 3.63) is 53.6 Å². The molecule has 0 saturated heterocycles. The minimum absolute atomic E-state index is 0.229. The molecule has 0 aromatic heterocycles. The van der Waals surface area contributed by atoms with Gasteiger partial charge in [-0.3, -0.25) is 4.79 Å². The van der Waals surface area contributed by atoms with Crippen LogP contribution in [0, 0.1) is 11.8 Å². The lowest BCUT2D eigenvalue weighted by molar-refractivity contribution is 0.0958. The van der Waals surface area contributed by atoms with Gasteiger partial charge in [0.2, 0.25) is 0 Å². The molecule has 0 atom stereocenters. The van der Waals surface area contributed by atoms with Crippen molar-refractivity contribution in [2.75, 3.05) is 39.8 Å². The van der Waals surface area contributed by atoms with Gasteiger partial charge in [0, 0.05) is 31.3 Å². The SMILES string of the molecule is COc1cc(OC)cc(C(=O)NCC#Cc2ccccc2N(C)C)c1. The number of carbonyl (C=O) groups excluding carboxylic acids is 1. The molecule has 2 rings (SSSR count). The van der Waals surface area contributed by atoms with Crippen molar-refractivity contribution in [2.24, 2.45) is 0 Å². The third kappa shape index (κ3) is 4.92. The van der Waals surface area contributed by atoms with Gasteiger partial charge in [-0.15, -0.1) is 0 Å². The van der Waals surface area contributed by atoms with Crippen LogP contribution >= 0.6 is 0 Å². The number of anilines is 1. The molecule has 2 aromatic carbocycles. The third-order valence-electron chi connectivity index (χ3n) is 3.56. The van der Waals surface area contributed by atoms with Gasteiger partial charge >= 0.3 is 0 Å². The van der Waals surface area contributed by atoms with Crippen LogP contribution in [0.15, 0.2) is 42.5 Å². The van der Waals surface area contributed by atoms with Crippen LogP contribution in [0.2, 0.25) is 0 Å². The molecule has 0 aliphatic rings. The first-order valence-corrected chi connectivity index (χ1v) is 7.81. The van der Waals surface area contributed by atoms with Crippen molar-refractivity contribution < 1.29 is 14.3 Å². The average molecular weight is 338 g/mol. The highest BCUT2D eigenvalue weighted by Gasteiger charge is 2.09. The first kappa shape index (κ1) is 18.2. The number of methoxy groups -OCH3 is 2. The molecule has 130 valence electrons. The van der Waals surface area contributed by atoms with E-state index in [0.29, 0.717) is 17.1 Å². The molecule has 1 amide bonds. The normalized spacial score (nSPS) is 9.60. The zero-order valence-corrected chi connectivity index (χ0v) is 14.9. The second kappa shape index (κ2) is 8.65. The summed E-state index contributed by atoms with van der Waals surface area (Å²) < 4.78 is 10.3. The molecule has 0 aliphatic carbocycles. The molecule has 0 saturated carbocycles. The molecule has 5 heteroatoms. The predicted molar refractivity (Wildman–Crippen MR) is 99.5 cm³/mol. The van der Waals surface area contributed by atoms with Gasteiger partial charge in [0.25, 0.3) is 5.91 Å². The van der Waals surface area contributed by atoms with E-state index in [2.05, 4.69) is 17.2 Å². The Balaban J connectivity index is 2.05. The van der Waals surface area contributed by atoms with E-state index in [1.807, 2.05) is 43.3 Å². The highest BCUT2D eigenvalue weighted by Crippen LogP contribution is 2.22. The highest BCUT2D eigenvalue weighted by atomic mass is 16.5. The van der Waals surface area contributed by atoms with Gasteiger partial charge in [-0.1, -0.05) is 24.0 Å². The Labute approximate surface area is 148 Å². The fourth-order valence-electron chi connectivity index (χ4n) is 2.27. The number of ether oxygens (including phenoxy) is 2. The van der Waals surface area contributed by atoms with Gasteiger partial charge in [-0.25, -0.2) is 0 Å². The quantitative estimate of drug-likeness (QED) is 0.852. The Kier molecular flexibility index (Phi) is 6.30. The number of rotatable bonds is 5. The number of benzene rings is 2. The summed E-state index contributed by atoms with van der Waals surface area (Å²) >= 11 is 0. The number of amides is 1. The number of hydrogen-bond donors (Lipinski definition) is 1. The van der Waals surface area contributed by atoms with E-state index in [4.69, 9.17) is 9.47 Å². The molecule has 0 radical (unpaired) electrons. The van der Waals surface area contributed by atoms with Crippen molar-refractivity contribution in [2.45, 2.75) is 0 Å². The molecule has 25 heavy (non-hydrogen) atoms. The van der Waals surface area contributed by atoms with Gasteiger partial charge in [0.15, 0.2) is 0 Å². The van der Waals surface area contributed by atoms with Crippen LogP contribution in [0.1, 0.15) is 15.9 Å². The molecule has 1 N–H and O–H groups in total. The molecule has 0 heterocycles. The smallest absolute Gasteiger partial charge is 0.252 e. The summed E-state index contributed by atoms with van der Waals surface area (Å²) in [5.74, 6) is 6.98. The summed E-state index contributed by atoms with van der Waals surface area (Å²) in [6.45, 7) is 0.250. The monoisotopic (exact) mass is 338 g/mol. The van der Waals surface area contributed by atoms with E-state index >= 15 is 0 Å². The summed E-state index contributed by atoms with van der Waals surface area (Å²) in [6.07, 6.45) is 0. The van der Waals surface area contributed by atoms with Crippen LogP contribution in [0.5, 0.6) is 11.5 Å². The summed E-state index contributed by atoms with van der Waals surface area (Å²) in [7, 11) is 7.03. The largest absolute Gasteiger partial charge is 0.497 e. The standard InChI is InChI=1S/C20H22N2O3/c1-22(2)19-10-6-5-8-15(19)9-7-11-21-20(23)16-12-17(24-3)14-18(13-16)25-4/h5-6,8,10,12-14H,11H2,1-4H3,(H,21,23). The Morgan fingerprint density at radius 3 is 2.32 bits per heavy atom. The zero-order chi connectivity index (χ0) is 18.2. The van der Waals surface area contributed by atoms with Crippen molar-refractivity contribution in [1.82, 2.24) is 5.32 Å². The Morgan fingerprint density at radius 2 is 1.72 bits per heavy atom. The molecule has 0 spiro atoms. The van der Waals surface area contributed by atoms with Crippen LogP contribution in [-0.2, 0) is 0 Å². The maximum absolute atomic E-state index is 12.3. The number of para-hydroxylation sites is 1. The van der Waals surface area contributed by atoms with Crippen LogP contribution < -0.4 is 19.7 Å². The van der Waals surface area contributed by atoms with Crippen molar-refractivity contribution in [1.29, 1.82) is 0 Å². The van der Waals surface area contributed by atoms with Crippen molar-refractivity contribution >= 4 is 11.6 Å². The summed E-state index contributed by atoms with van der Waals surface area (Å²) in [5.41, 5.74) is 2.43. The molecule has 0 aliphatic heterocycles. The van der Waals surface area contributed by atoms with Crippen LogP contribution in [0.4, 0.5) is 5.69 Å². The van der Waals surface area contributed by atoms with Gasteiger partial charge in [-0.2, -0.15) is 0 Å². The van der Waals surface area contributed by atoms with E-state index in [9.17, 15) is 4.79 Å². The highest BCUT2D eigenvalue weighted by molar-refractivity contribution is 5.95. The van der Waals surface area contributed by atoms with Crippen LogP contribution in [0.3, 0.4) is 0 Å². The Morgan fingerprint density at radius 1 is 1.08 bits per heavy atom. The van der Waals surface area contributed by atoms with E-state index in [1.165, 1.54) is 0 Å². The fraction of sp³-hybridized carbons (Fsp3) is 0.250. The topological polar surface area (TPSA) is 50.8 Å². The zero-order valence-electron chi connectivity index (χ0n) is 14.9. The van der Waals surface area contributed by atoms with E-state index in [-0.39, 0.29) is 12.5 Å². The lowest BCUT2D eigenvalue weighted by Crippen LogP contribution is -2.23. The number of carbonyl (C=O) groups is 1. The number of nitrogens with one attached hydrogen (secondary N) is 1. The minimum atomic E-state index is -0.229. The Hall–Kier alpha value is -3.13. The summed E-state index contributed by atoms with van der Waals surface area (Å²) in [4.78, 5) is 14.3. The van der Waals surface area contributed by atoms with E-state index < -0.39 is 0 Å². The van der Waals surface area contributed by atoms with E-state index in [1.54, 1.807) is 32.4 Å². The molecule has 0 fully saturated rings. The second-order valence-corrected chi connectivity index (χ2v) is 5.50. The minimum Gasteiger partial charge on any atom is -0.497 e. The molecule has 0 bridgehead atoms. The van der Waals surface area contributed by atoms with Gasteiger partial charge < -0.3 is 19.7 Å². The molecular weight excluding hydrogens is 316 g/mol. The van der Waals surface area contributed by atoms with Crippen LogP contribution in [-0.4, -0.2) is 40.8 Å².